The zero-order chi connectivity index (χ0) is 13.2. The number of amides is 1. The Morgan fingerprint density at radius 3 is 2.50 bits per heavy atom. The first-order valence-electron chi connectivity index (χ1n) is 6.38. The van der Waals surface area contributed by atoms with Crippen LogP contribution in [-0.2, 0) is 11.2 Å². The molecule has 0 fully saturated rings. The van der Waals surface area contributed by atoms with Crippen molar-refractivity contribution in [2.45, 2.75) is 32.1 Å². The van der Waals surface area contributed by atoms with Crippen molar-refractivity contribution < 1.29 is 15.0 Å². The first-order valence-corrected chi connectivity index (χ1v) is 6.38. The van der Waals surface area contributed by atoms with Crippen LogP contribution in [0.4, 0.5) is 0 Å². The molecule has 0 bridgehead atoms. The Balaban J connectivity index is 2.11. The molecule has 1 aromatic rings. The number of hydrogen-bond acceptors (Lipinski definition) is 3. The summed E-state index contributed by atoms with van der Waals surface area (Å²) in [4.78, 5) is 11.5. The highest BCUT2D eigenvalue weighted by atomic mass is 16.3. The van der Waals surface area contributed by atoms with Gasteiger partial charge >= 0.3 is 0 Å². The molecule has 0 aromatic heterocycles. The van der Waals surface area contributed by atoms with Crippen molar-refractivity contribution in [3.63, 3.8) is 0 Å². The van der Waals surface area contributed by atoms with E-state index >= 15 is 0 Å². The van der Waals surface area contributed by atoms with E-state index in [9.17, 15) is 4.79 Å². The van der Waals surface area contributed by atoms with Gasteiger partial charge in [0.15, 0.2) is 0 Å². The molecule has 4 nitrogen and oxygen atoms in total. The van der Waals surface area contributed by atoms with Crippen LogP contribution < -0.4 is 5.32 Å². The van der Waals surface area contributed by atoms with Crippen molar-refractivity contribution in [3.05, 3.63) is 29.8 Å². The van der Waals surface area contributed by atoms with Crippen LogP contribution in [0, 0.1) is 0 Å². The number of aliphatic hydroxyl groups excluding tert-OH is 1. The van der Waals surface area contributed by atoms with Gasteiger partial charge in [-0.05, 0) is 43.4 Å². The highest BCUT2D eigenvalue weighted by Crippen LogP contribution is 2.10. The van der Waals surface area contributed by atoms with Gasteiger partial charge in [0, 0.05) is 19.6 Å². The minimum Gasteiger partial charge on any atom is -0.508 e. The van der Waals surface area contributed by atoms with E-state index in [0.717, 1.165) is 24.8 Å². The zero-order valence-corrected chi connectivity index (χ0v) is 10.6. The molecule has 18 heavy (non-hydrogen) atoms. The first kappa shape index (κ1) is 14.5. The van der Waals surface area contributed by atoms with Crippen LogP contribution in [0.3, 0.4) is 0 Å². The van der Waals surface area contributed by atoms with Crippen LogP contribution in [0.15, 0.2) is 24.3 Å². The standard InChI is InChI=1S/C14H21NO3/c16-11-3-1-2-10-15-14(18)9-6-12-4-7-13(17)8-5-12/h4-5,7-8,16-17H,1-3,6,9-11H2,(H,15,18). The average molecular weight is 251 g/mol. The van der Waals surface area contributed by atoms with Gasteiger partial charge < -0.3 is 15.5 Å². The maximum atomic E-state index is 11.5. The lowest BCUT2D eigenvalue weighted by Gasteiger charge is -2.05. The Morgan fingerprint density at radius 1 is 1.11 bits per heavy atom. The second kappa shape index (κ2) is 8.53. The van der Waals surface area contributed by atoms with Gasteiger partial charge in [-0.2, -0.15) is 0 Å². The fraction of sp³-hybridized carbons (Fsp3) is 0.500. The fourth-order valence-corrected chi connectivity index (χ4v) is 1.65. The van der Waals surface area contributed by atoms with Gasteiger partial charge in [-0.15, -0.1) is 0 Å². The van der Waals surface area contributed by atoms with Crippen molar-refractivity contribution in [1.82, 2.24) is 5.32 Å². The summed E-state index contributed by atoms with van der Waals surface area (Å²) in [5.41, 5.74) is 1.04. The molecule has 0 saturated carbocycles. The van der Waals surface area contributed by atoms with E-state index < -0.39 is 0 Å². The summed E-state index contributed by atoms with van der Waals surface area (Å²) in [5, 5.41) is 20.6. The zero-order valence-electron chi connectivity index (χ0n) is 10.6. The second-order valence-electron chi connectivity index (χ2n) is 4.30. The van der Waals surface area contributed by atoms with Gasteiger partial charge in [-0.3, -0.25) is 4.79 Å². The number of hydrogen-bond donors (Lipinski definition) is 3. The number of carbonyl (C=O) groups is 1. The van der Waals surface area contributed by atoms with Gasteiger partial charge in [0.2, 0.25) is 5.91 Å². The number of phenolic OH excluding ortho intramolecular Hbond substituents is 1. The molecule has 0 aliphatic heterocycles. The third kappa shape index (κ3) is 6.25. The van der Waals surface area contributed by atoms with Crippen LogP contribution in [0.2, 0.25) is 0 Å². The monoisotopic (exact) mass is 251 g/mol. The van der Waals surface area contributed by atoms with Crippen molar-refractivity contribution in [2.24, 2.45) is 0 Å². The smallest absolute Gasteiger partial charge is 0.220 e. The molecule has 0 radical (unpaired) electrons. The molecule has 0 heterocycles. The molecule has 1 amide bonds. The van der Waals surface area contributed by atoms with E-state index in [1.54, 1.807) is 12.1 Å². The summed E-state index contributed by atoms with van der Waals surface area (Å²) in [6, 6.07) is 6.90. The molecule has 0 unspecified atom stereocenters. The molecule has 0 atom stereocenters. The molecule has 0 aliphatic rings. The molecule has 1 aromatic carbocycles. The molecule has 0 saturated heterocycles. The molecule has 100 valence electrons. The summed E-state index contributed by atoms with van der Waals surface area (Å²) >= 11 is 0. The van der Waals surface area contributed by atoms with Gasteiger partial charge in [-0.25, -0.2) is 0 Å². The van der Waals surface area contributed by atoms with Crippen LogP contribution in [0.5, 0.6) is 5.75 Å². The third-order valence-corrected chi connectivity index (χ3v) is 2.73. The Kier molecular flexibility index (Phi) is 6.87. The number of nitrogens with one attached hydrogen (secondary N) is 1. The lowest BCUT2D eigenvalue weighted by molar-refractivity contribution is -0.121. The summed E-state index contributed by atoms with van der Waals surface area (Å²) < 4.78 is 0. The SMILES string of the molecule is O=C(CCc1ccc(O)cc1)NCCCCCO. The largest absolute Gasteiger partial charge is 0.508 e. The van der Waals surface area contributed by atoms with E-state index in [1.807, 2.05) is 12.1 Å². The number of aliphatic hydroxyl groups is 1. The number of phenols is 1. The Morgan fingerprint density at radius 2 is 1.83 bits per heavy atom. The molecule has 3 N–H and O–H groups in total. The van der Waals surface area contributed by atoms with Crippen molar-refractivity contribution >= 4 is 5.91 Å². The maximum absolute atomic E-state index is 11.5. The third-order valence-electron chi connectivity index (χ3n) is 2.73. The molecule has 1 rings (SSSR count). The molecular formula is C14H21NO3. The quantitative estimate of drug-likeness (QED) is 0.615. The topological polar surface area (TPSA) is 69.6 Å². The lowest BCUT2D eigenvalue weighted by atomic mass is 10.1. The molecule has 0 aliphatic carbocycles. The Labute approximate surface area is 108 Å². The predicted octanol–water partition coefficient (Wildman–Crippen LogP) is 1.60. The van der Waals surface area contributed by atoms with E-state index in [-0.39, 0.29) is 18.3 Å². The number of benzene rings is 1. The predicted molar refractivity (Wildman–Crippen MR) is 70.4 cm³/mol. The van der Waals surface area contributed by atoms with Crippen LogP contribution in [0.25, 0.3) is 0 Å². The van der Waals surface area contributed by atoms with Crippen molar-refractivity contribution in [2.75, 3.05) is 13.2 Å². The highest BCUT2D eigenvalue weighted by molar-refractivity contribution is 5.76. The molecule has 0 spiro atoms. The number of aryl methyl sites for hydroxylation is 1. The number of carbonyl (C=O) groups excluding carboxylic acids is 1. The van der Waals surface area contributed by atoms with Crippen LogP contribution in [-0.4, -0.2) is 29.3 Å². The van der Waals surface area contributed by atoms with Gasteiger partial charge in [0.05, 0.1) is 0 Å². The second-order valence-corrected chi connectivity index (χ2v) is 4.30. The van der Waals surface area contributed by atoms with Gasteiger partial charge in [0.1, 0.15) is 5.75 Å². The van der Waals surface area contributed by atoms with Crippen LogP contribution in [0.1, 0.15) is 31.2 Å². The Hall–Kier alpha value is -1.55. The average Bonchev–Trinajstić information content (AvgIpc) is 2.38. The van der Waals surface area contributed by atoms with E-state index in [1.165, 1.54) is 0 Å². The summed E-state index contributed by atoms with van der Waals surface area (Å²) in [5.74, 6) is 0.291. The minimum atomic E-state index is 0.0482. The molecular weight excluding hydrogens is 230 g/mol. The maximum Gasteiger partial charge on any atom is 0.220 e. The number of aromatic hydroxyl groups is 1. The molecule has 4 heteroatoms. The van der Waals surface area contributed by atoms with E-state index in [4.69, 9.17) is 10.2 Å². The normalized spacial score (nSPS) is 10.3. The summed E-state index contributed by atoms with van der Waals surface area (Å²) in [7, 11) is 0. The van der Waals surface area contributed by atoms with E-state index in [2.05, 4.69) is 5.32 Å². The van der Waals surface area contributed by atoms with Crippen molar-refractivity contribution in [1.29, 1.82) is 0 Å². The first-order chi connectivity index (χ1) is 8.72. The highest BCUT2D eigenvalue weighted by Gasteiger charge is 2.01. The fourth-order valence-electron chi connectivity index (χ4n) is 1.65. The Bertz CT molecular complexity index is 349. The van der Waals surface area contributed by atoms with E-state index in [0.29, 0.717) is 19.4 Å². The van der Waals surface area contributed by atoms with Gasteiger partial charge in [-0.1, -0.05) is 12.1 Å². The van der Waals surface area contributed by atoms with Crippen molar-refractivity contribution in [3.8, 4) is 5.75 Å². The lowest BCUT2D eigenvalue weighted by Crippen LogP contribution is -2.24. The van der Waals surface area contributed by atoms with Gasteiger partial charge in [0.25, 0.3) is 0 Å². The minimum absolute atomic E-state index is 0.0482. The van der Waals surface area contributed by atoms with Crippen LogP contribution >= 0.6 is 0 Å². The summed E-state index contributed by atoms with van der Waals surface area (Å²) in [6.45, 7) is 0.892. The number of rotatable bonds is 8. The number of unbranched alkanes of at least 4 members (excludes halogenated alkanes) is 2. The summed E-state index contributed by atoms with van der Waals surface area (Å²) in [6.07, 6.45) is 3.79.